The molecule has 1 saturated heterocycles. The number of rotatable bonds is 19. The smallest absolute Gasteiger partial charge is 0.251 e. The van der Waals surface area contributed by atoms with Gasteiger partial charge in [-0.25, -0.2) is 4.98 Å². The summed E-state index contributed by atoms with van der Waals surface area (Å²) in [7, 11) is 0. The van der Waals surface area contributed by atoms with Gasteiger partial charge in [0.25, 0.3) is 5.91 Å². The molecule has 0 bridgehead atoms. The average Bonchev–Trinajstić information content (AvgIpc) is 3.97. The van der Waals surface area contributed by atoms with Crippen LogP contribution in [0.4, 0.5) is 5.69 Å². The van der Waals surface area contributed by atoms with Gasteiger partial charge >= 0.3 is 0 Å². The summed E-state index contributed by atoms with van der Waals surface area (Å²) in [6, 6.07) is 20.1. The van der Waals surface area contributed by atoms with Crippen LogP contribution >= 0.6 is 23.1 Å². The molecule has 1 saturated carbocycles. The van der Waals surface area contributed by atoms with Crippen LogP contribution in [0.1, 0.15) is 95.6 Å². The van der Waals surface area contributed by atoms with E-state index in [0.29, 0.717) is 35.1 Å². The summed E-state index contributed by atoms with van der Waals surface area (Å²) in [6.45, 7) is 14.9. The lowest BCUT2D eigenvalue weighted by atomic mass is 9.49. The Bertz CT molecular complexity index is 2350. The average molecular weight is 942 g/mol. The van der Waals surface area contributed by atoms with E-state index in [1.807, 2.05) is 57.2 Å². The molecule has 5 N–H and O–H groups in total. The zero-order chi connectivity index (χ0) is 47.8. The molecule has 0 unspecified atom stereocenters. The fourth-order valence-corrected chi connectivity index (χ4v) is 9.89. The summed E-state index contributed by atoms with van der Waals surface area (Å²) in [6.07, 6.45) is 2.96. The molecule has 4 amide bonds. The molecule has 2 fully saturated rings. The zero-order valence-corrected chi connectivity index (χ0v) is 40.2. The summed E-state index contributed by atoms with van der Waals surface area (Å²) in [5.74, 6) is -0.841. The summed E-state index contributed by atoms with van der Waals surface area (Å²) >= 11 is 7.53. The van der Waals surface area contributed by atoms with Crippen LogP contribution in [0.25, 0.3) is 10.6 Å². The number of aromatic nitrogens is 2. The molecule has 0 radical (unpaired) electrons. The third-order valence-electron chi connectivity index (χ3n) is 12.4. The van der Waals surface area contributed by atoms with Crippen LogP contribution in [0.15, 0.2) is 73.1 Å². The van der Waals surface area contributed by atoms with Crippen molar-refractivity contribution in [3.63, 3.8) is 0 Å². The maximum absolute atomic E-state index is 13.9. The number of amides is 4. The van der Waals surface area contributed by atoms with Crippen LogP contribution in [0.5, 0.6) is 5.75 Å². The quantitative estimate of drug-likeness (QED) is 0.0622. The van der Waals surface area contributed by atoms with Crippen molar-refractivity contribution in [1.29, 1.82) is 5.26 Å². The minimum Gasteiger partial charge on any atom is -0.489 e. The van der Waals surface area contributed by atoms with E-state index in [1.165, 1.54) is 22.8 Å². The number of nitriles is 1. The summed E-state index contributed by atoms with van der Waals surface area (Å²) < 4.78 is 16.1. The molecule has 6 rings (SSSR count). The van der Waals surface area contributed by atoms with Gasteiger partial charge in [0.05, 0.1) is 16.7 Å². The number of carbonyl (C=O) groups is 4. The van der Waals surface area contributed by atoms with Gasteiger partial charge in [-0.15, -0.1) is 0 Å². The van der Waals surface area contributed by atoms with Crippen molar-refractivity contribution in [1.82, 2.24) is 30.2 Å². The number of unbranched alkanes of at least 4 members (excludes halogenated alkanes) is 2. The number of nitrogens with one attached hydrogen (secondary N) is 4. The van der Waals surface area contributed by atoms with Crippen molar-refractivity contribution < 1.29 is 33.8 Å². The zero-order valence-electron chi connectivity index (χ0n) is 38.7. The number of benzene rings is 3. The highest BCUT2D eigenvalue weighted by Crippen LogP contribution is 2.55. The first-order valence-electron chi connectivity index (χ1n) is 22.3. The molecule has 0 spiro atoms. The number of aliphatic hydroxyl groups is 1. The Labute approximate surface area is 396 Å². The van der Waals surface area contributed by atoms with Crippen LogP contribution in [0.2, 0.25) is 5.02 Å². The third kappa shape index (κ3) is 12.0. The van der Waals surface area contributed by atoms with E-state index in [0.717, 1.165) is 41.1 Å². The molecule has 66 heavy (non-hydrogen) atoms. The molecule has 3 aromatic carbocycles. The molecule has 1 aromatic heterocycles. The maximum atomic E-state index is 13.9. The Hall–Kier alpha value is -5.60. The number of nitrogens with zero attached hydrogens (tertiary/aromatic N) is 4. The van der Waals surface area contributed by atoms with Gasteiger partial charge in [0.15, 0.2) is 0 Å². The first-order chi connectivity index (χ1) is 31.3. The van der Waals surface area contributed by atoms with Gasteiger partial charge in [-0.2, -0.15) is 9.64 Å². The van der Waals surface area contributed by atoms with Crippen LogP contribution in [0.3, 0.4) is 0 Å². The molecule has 17 heteroatoms. The van der Waals surface area contributed by atoms with E-state index in [-0.39, 0.29) is 60.9 Å². The minimum atomic E-state index is -0.950. The van der Waals surface area contributed by atoms with Crippen molar-refractivity contribution in [2.24, 2.45) is 16.2 Å². The van der Waals surface area contributed by atoms with Crippen LogP contribution in [-0.4, -0.2) is 99.6 Å². The van der Waals surface area contributed by atoms with E-state index in [1.54, 1.807) is 30.3 Å². The Balaban J connectivity index is 0.875. The van der Waals surface area contributed by atoms with Crippen LogP contribution in [-0.2, 0) is 25.7 Å². The van der Waals surface area contributed by atoms with Crippen molar-refractivity contribution >= 4 is 52.4 Å². The SMILES string of the molecule is CC1(C)C(NC(=O)c2ccc(NCCCCCOCC(=O)N[C@H](C(=O)N3C[C@H](O)C[C@H]3C(=O)NCc3ccc(-c4ncns4)cc3)C(C)(C)C)cc2)C(C)(C)C1Oc1ccc(C#N)c(Cl)c1. The highest BCUT2D eigenvalue weighted by atomic mass is 35.5. The van der Waals surface area contributed by atoms with E-state index in [2.05, 4.69) is 64.4 Å². The summed E-state index contributed by atoms with van der Waals surface area (Å²) in [4.78, 5) is 59.3. The molecule has 2 heterocycles. The fraction of sp³-hybridized carbons (Fsp3) is 0.490. The first kappa shape index (κ1) is 49.8. The van der Waals surface area contributed by atoms with Crippen LogP contribution < -0.4 is 26.0 Å². The number of β-amino-alcohol motifs (C(OH)–C–C–N with tert-alkyl or cyclic N) is 1. The molecule has 4 aromatic rings. The van der Waals surface area contributed by atoms with Gasteiger partial charge in [0.1, 0.15) is 47.9 Å². The maximum Gasteiger partial charge on any atom is 0.251 e. The van der Waals surface area contributed by atoms with Crippen molar-refractivity contribution in [3.8, 4) is 22.4 Å². The van der Waals surface area contributed by atoms with Gasteiger partial charge in [0, 0.05) is 72.4 Å². The number of aliphatic hydroxyl groups excluding tert-OH is 1. The standard InChI is InChI=1S/C49H61ClN8O7S/c1-47(2,3)40(44(63)58-27-35(59)23-38(58)42(62)53-26-30-11-13-32(14-12-30)43-54-29-55-66-43)56-39(60)28-64-22-10-8-9-21-52-34-18-15-31(16-19-34)41(61)57-45-48(4,5)46(49(45,6)7)65-36-20-17-33(25-51)37(50)24-36/h11-20,24,29,35,38,40,45-46,52,59H,8-10,21-23,26-28H2,1-7H3,(H,53,62)(H,56,60)(H,57,61)/t35-,38+,40-,45?,46?/m1/s1. The minimum absolute atomic E-state index is 0.0142. The molecule has 352 valence electrons. The molecule has 15 nitrogen and oxygen atoms in total. The molecule has 1 aliphatic carbocycles. The predicted molar refractivity (Wildman–Crippen MR) is 254 cm³/mol. The van der Waals surface area contributed by atoms with Crippen molar-refractivity contribution in [2.45, 2.75) is 111 Å². The highest BCUT2D eigenvalue weighted by Gasteiger charge is 2.64. The molecular weight excluding hydrogens is 880 g/mol. The van der Waals surface area contributed by atoms with Gasteiger partial charge < -0.3 is 40.7 Å². The van der Waals surface area contributed by atoms with E-state index < -0.39 is 35.4 Å². The van der Waals surface area contributed by atoms with Crippen molar-refractivity contribution in [2.75, 3.05) is 31.6 Å². The lowest BCUT2D eigenvalue weighted by molar-refractivity contribution is -0.164. The Morgan fingerprint density at radius 2 is 1.71 bits per heavy atom. The number of likely N-dealkylation sites (tertiary alicyclic amines) is 1. The van der Waals surface area contributed by atoms with Gasteiger partial charge in [-0.3, -0.25) is 19.2 Å². The fourth-order valence-electron chi connectivity index (χ4n) is 9.15. The highest BCUT2D eigenvalue weighted by molar-refractivity contribution is 7.09. The van der Waals surface area contributed by atoms with E-state index in [4.69, 9.17) is 21.1 Å². The summed E-state index contributed by atoms with van der Waals surface area (Å²) in [5.41, 5.74) is 2.18. The van der Waals surface area contributed by atoms with E-state index >= 15 is 0 Å². The number of anilines is 1. The first-order valence-corrected chi connectivity index (χ1v) is 23.4. The Kier molecular flexibility index (Phi) is 16.1. The van der Waals surface area contributed by atoms with Crippen molar-refractivity contribution in [3.05, 3.63) is 94.8 Å². The lowest BCUT2D eigenvalue weighted by Crippen LogP contribution is -2.74. The molecule has 1 aliphatic heterocycles. The van der Waals surface area contributed by atoms with Gasteiger partial charge in [-0.05, 0) is 78.2 Å². The van der Waals surface area contributed by atoms with Gasteiger partial charge in [0.2, 0.25) is 17.7 Å². The number of carbonyl (C=O) groups excluding carboxylic acids is 4. The lowest BCUT2D eigenvalue weighted by Gasteiger charge is -2.63. The Morgan fingerprint density at radius 1 is 1.00 bits per heavy atom. The second kappa shape index (κ2) is 21.4. The number of hydrogen-bond acceptors (Lipinski definition) is 12. The molecular formula is C49H61ClN8O7S. The summed E-state index contributed by atoms with van der Waals surface area (Å²) in [5, 5.41) is 33.2. The predicted octanol–water partition coefficient (Wildman–Crippen LogP) is 6.75. The molecule has 2 aliphatic rings. The monoisotopic (exact) mass is 940 g/mol. The van der Waals surface area contributed by atoms with E-state index in [9.17, 15) is 29.5 Å². The van der Waals surface area contributed by atoms with Crippen LogP contribution in [0, 0.1) is 27.6 Å². The normalized spacial score (nSPS) is 20.0. The second-order valence-electron chi connectivity index (χ2n) is 19.3. The van der Waals surface area contributed by atoms with Gasteiger partial charge in [-0.1, -0.05) is 84.3 Å². The Morgan fingerprint density at radius 3 is 2.35 bits per heavy atom. The third-order valence-corrected chi connectivity index (χ3v) is 13.4. The number of ether oxygens (including phenoxy) is 2. The molecule has 3 atom stereocenters. The number of halogens is 1. The topological polar surface area (TPSA) is 208 Å². The largest absolute Gasteiger partial charge is 0.489 e. The second-order valence-corrected chi connectivity index (χ2v) is 20.5. The number of hydrogen-bond donors (Lipinski definition) is 5.